The highest BCUT2D eigenvalue weighted by molar-refractivity contribution is 7.15. The lowest BCUT2D eigenvalue weighted by atomic mass is 9.86. The molecule has 1 spiro atoms. The van der Waals surface area contributed by atoms with Gasteiger partial charge in [0.1, 0.15) is 17.9 Å². The SMILES string of the molecule is CNc1cncc(N2CCC3(CCN(Cc4cnc(NC(C)O)s4)C3)C2)n1. The van der Waals surface area contributed by atoms with E-state index in [0.717, 1.165) is 49.5 Å². The third-order valence-corrected chi connectivity index (χ3v) is 6.34. The van der Waals surface area contributed by atoms with Gasteiger partial charge in [-0.2, -0.15) is 0 Å². The van der Waals surface area contributed by atoms with Crippen molar-refractivity contribution >= 4 is 28.1 Å². The molecule has 0 saturated carbocycles. The fraction of sp³-hybridized carbons (Fsp3) is 0.611. The molecule has 2 aromatic heterocycles. The summed E-state index contributed by atoms with van der Waals surface area (Å²) < 4.78 is 0. The Hall–Kier alpha value is -1.97. The summed E-state index contributed by atoms with van der Waals surface area (Å²) in [5.41, 5.74) is 0.350. The predicted molar refractivity (Wildman–Crippen MR) is 108 cm³/mol. The van der Waals surface area contributed by atoms with E-state index in [4.69, 9.17) is 0 Å². The molecule has 0 aliphatic carbocycles. The minimum atomic E-state index is -0.576. The van der Waals surface area contributed by atoms with Crippen LogP contribution in [0.3, 0.4) is 0 Å². The summed E-state index contributed by atoms with van der Waals surface area (Å²) in [5.74, 6) is 1.78. The van der Waals surface area contributed by atoms with E-state index in [9.17, 15) is 5.11 Å². The third-order valence-electron chi connectivity index (χ3n) is 5.42. The number of nitrogens with zero attached hydrogens (tertiary/aromatic N) is 5. The lowest BCUT2D eigenvalue weighted by molar-refractivity contribution is 0.224. The topological polar surface area (TPSA) is 89.4 Å². The van der Waals surface area contributed by atoms with E-state index < -0.39 is 6.23 Å². The van der Waals surface area contributed by atoms with Gasteiger partial charge in [-0.05, 0) is 26.3 Å². The number of rotatable bonds is 6. The monoisotopic (exact) mass is 389 g/mol. The van der Waals surface area contributed by atoms with Crippen molar-refractivity contribution in [3.05, 3.63) is 23.5 Å². The number of nitrogens with one attached hydrogen (secondary N) is 2. The number of thiazole rings is 1. The van der Waals surface area contributed by atoms with Crippen LogP contribution >= 0.6 is 11.3 Å². The van der Waals surface area contributed by atoms with Gasteiger partial charge in [-0.25, -0.2) is 9.97 Å². The number of aromatic nitrogens is 3. The number of aliphatic hydroxyl groups excluding tert-OH is 1. The molecule has 0 aromatic carbocycles. The van der Waals surface area contributed by atoms with Gasteiger partial charge in [-0.3, -0.25) is 9.88 Å². The Bertz CT molecular complexity index is 783. The molecule has 3 N–H and O–H groups in total. The van der Waals surface area contributed by atoms with Crippen LogP contribution in [0.25, 0.3) is 0 Å². The highest BCUT2D eigenvalue weighted by Gasteiger charge is 2.43. The number of hydrogen-bond acceptors (Lipinski definition) is 9. The van der Waals surface area contributed by atoms with Crippen LogP contribution in [0.4, 0.5) is 16.8 Å². The van der Waals surface area contributed by atoms with E-state index in [1.165, 1.54) is 17.7 Å². The maximum absolute atomic E-state index is 9.42. The van der Waals surface area contributed by atoms with Gasteiger partial charge in [0.2, 0.25) is 0 Å². The van der Waals surface area contributed by atoms with Crippen molar-refractivity contribution in [3.8, 4) is 0 Å². The Morgan fingerprint density at radius 1 is 1.26 bits per heavy atom. The molecule has 0 bridgehead atoms. The van der Waals surface area contributed by atoms with Crippen molar-refractivity contribution < 1.29 is 5.11 Å². The second kappa shape index (κ2) is 7.57. The van der Waals surface area contributed by atoms with Crippen molar-refractivity contribution in [2.45, 2.75) is 32.5 Å². The quantitative estimate of drug-likeness (QED) is 0.645. The maximum Gasteiger partial charge on any atom is 0.184 e. The summed E-state index contributed by atoms with van der Waals surface area (Å²) in [7, 11) is 1.87. The van der Waals surface area contributed by atoms with Gasteiger partial charge < -0.3 is 20.6 Å². The highest BCUT2D eigenvalue weighted by atomic mass is 32.1. The van der Waals surface area contributed by atoms with Crippen molar-refractivity contribution in [2.75, 3.05) is 48.8 Å². The maximum atomic E-state index is 9.42. The molecule has 2 aromatic rings. The summed E-state index contributed by atoms with van der Waals surface area (Å²) in [6, 6.07) is 0. The first-order valence-electron chi connectivity index (χ1n) is 9.42. The number of anilines is 3. The van der Waals surface area contributed by atoms with E-state index in [0.29, 0.717) is 5.41 Å². The van der Waals surface area contributed by atoms with E-state index in [1.54, 1.807) is 24.5 Å². The van der Waals surface area contributed by atoms with E-state index in [1.807, 2.05) is 19.4 Å². The number of hydrogen-bond donors (Lipinski definition) is 3. The van der Waals surface area contributed by atoms with Crippen molar-refractivity contribution in [2.24, 2.45) is 5.41 Å². The second-order valence-corrected chi connectivity index (χ2v) is 8.71. The molecule has 2 unspecified atom stereocenters. The van der Waals surface area contributed by atoms with Crippen molar-refractivity contribution in [3.63, 3.8) is 0 Å². The Kier molecular flexibility index (Phi) is 5.16. The molecule has 2 aliphatic rings. The minimum absolute atomic E-state index is 0.350. The molecule has 2 saturated heterocycles. The second-order valence-electron chi connectivity index (χ2n) is 7.60. The summed E-state index contributed by atoms with van der Waals surface area (Å²) >= 11 is 1.62. The Morgan fingerprint density at radius 3 is 2.93 bits per heavy atom. The van der Waals surface area contributed by atoms with Crippen LogP contribution < -0.4 is 15.5 Å². The highest BCUT2D eigenvalue weighted by Crippen LogP contribution is 2.41. The number of aliphatic hydroxyl groups is 1. The molecule has 2 aliphatic heterocycles. The summed E-state index contributed by atoms with van der Waals surface area (Å²) in [5, 5.41) is 16.2. The number of likely N-dealkylation sites (tertiary alicyclic amines) is 1. The van der Waals surface area contributed by atoms with Crippen LogP contribution in [-0.2, 0) is 6.54 Å². The molecule has 2 atom stereocenters. The molecule has 4 rings (SSSR count). The molecule has 0 radical (unpaired) electrons. The lowest BCUT2D eigenvalue weighted by Gasteiger charge is -2.25. The molecular formula is C18H27N7OS. The molecule has 2 fully saturated rings. The van der Waals surface area contributed by atoms with E-state index in [2.05, 4.69) is 35.4 Å². The van der Waals surface area contributed by atoms with Crippen molar-refractivity contribution in [1.82, 2.24) is 19.9 Å². The Labute approximate surface area is 163 Å². The van der Waals surface area contributed by atoms with E-state index >= 15 is 0 Å². The first-order valence-corrected chi connectivity index (χ1v) is 10.2. The smallest absolute Gasteiger partial charge is 0.184 e. The van der Waals surface area contributed by atoms with Crippen molar-refractivity contribution in [1.29, 1.82) is 0 Å². The summed E-state index contributed by atoms with van der Waals surface area (Å²) in [6.45, 7) is 6.94. The van der Waals surface area contributed by atoms with Crippen LogP contribution in [0.15, 0.2) is 18.6 Å². The molecule has 0 amide bonds. The molecule has 8 nitrogen and oxygen atoms in total. The van der Waals surface area contributed by atoms with Crippen LogP contribution in [0.2, 0.25) is 0 Å². The summed E-state index contributed by atoms with van der Waals surface area (Å²) in [4.78, 5) is 19.4. The first kappa shape index (κ1) is 18.4. The molecule has 27 heavy (non-hydrogen) atoms. The van der Waals surface area contributed by atoms with E-state index in [-0.39, 0.29) is 0 Å². The van der Waals surface area contributed by atoms with Gasteiger partial charge >= 0.3 is 0 Å². The van der Waals surface area contributed by atoms with Gasteiger partial charge in [0, 0.05) is 49.7 Å². The van der Waals surface area contributed by atoms with Gasteiger partial charge in [0.15, 0.2) is 5.13 Å². The average molecular weight is 390 g/mol. The molecular weight excluding hydrogens is 362 g/mol. The van der Waals surface area contributed by atoms with Crippen LogP contribution in [0.1, 0.15) is 24.6 Å². The molecule has 9 heteroatoms. The zero-order valence-electron chi connectivity index (χ0n) is 15.9. The fourth-order valence-electron chi connectivity index (χ4n) is 4.10. The summed E-state index contributed by atoms with van der Waals surface area (Å²) in [6.07, 6.45) is 7.38. The standard InChI is InChI=1S/C18H27N7OS/c1-13(26)22-17-21-7-14(27-17)10-24-5-3-18(11-24)4-6-25(12-18)16-9-20-8-15(19-2)23-16/h7-9,13,26H,3-6,10-12H2,1-2H3,(H,19,23)(H,21,22). The average Bonchev–Trinajstić information content (AvgIpc) is 3.37. The zero-order valence-corrected chi connectivity index (χ0v) is 16.7. The third kappa shape index (κ3) is 4.15. The Morgan fingerprint density at radius 2 is 2.11 bits per heavy atom. The van der Waals surface area contributed by atoms with Crippen LogP contribution in [-0.4, -0.2) is 64.4 Å². The lowest BCUT2D eigenvalue weighted by Crippen LogP contribution is -2.31. The molecule has 4 heterocycles. The van der Waals surface area contributed by atoms with Gasteiger partial charge in [0.05, 0.1) is 12.4 Å². The van der Waals surface area contributed by atoms with Gasteiger partial charge in [0.25, 0.3) is 0 Å². The van der Waals surface area contributed by atoms with Gasteiger partial charge in [-0.1, -0.05) is 0 Å². The predicted octanol–water partition coefficient (Wildman–Crippen LogP) is 1.83. The zero-order chi connectivity index (χ0) is 18.9. The first-order chi connectivity index (χ1) is 13.0. The fourth-order valence-corrected chi connectivity index (χ4v) is 5.04. The molecule has 146 valence electrons. The largest absolute Gasteiger partial charge is 0.374 e. The van der Waals surface area contributed by atoms with Crippen LogP contribution in [0.5, 0.6) is 0 Å². The van der Waals surface area contributed by atoms with Crippen LogP contribution in [0, 0.1) is 5.41 Å². The normalized spacial score (nSPS) is 23.9. The van der Waals surface area contributed by atoms with Gasteiger partial charge in [-0.15, -0.1) is 11.3 Å². The minimum Gasteiger partial charge on any atom is -0.374 e. The Balaban J connectivity index is 1.35.